The van der Waals surface area contributed by atoms with E-state index in [1.165, 1.54) is 37.7 Å². The Morgan fingerprint density at radius 1 is 0.574 bits per heavy atom. The van der Waals surface area contributed by atoms with Gasteiger partial charge in [-0.2, -0.15) is 5.26 Å². The Labute approximate surface area is 315 Å². The van der Waals surface area contributed by atoms with Gasteiger partial charge < -0.3 is 4.42 Å². The molecule has 3 unspecified atom stereocenters. The number of nitriles is 1. The van der Waals surface area contributed by atoms with Crippen LogP contribution in [0, 0.1) is 29.1 Å². The maximum absolute atomic E-state index is 9.53. The number of rotatable bonds is 5. The average molecular weight is 701 g/mol. The van der Waals surface area contributed by atoms with Gasteiger partial charge in [0.2, 0.25) is 0 Å². The smallest absolute Gasteiger partial charge is 0.164 e. The number of hydrogen-bond acceptors (Lipinski definition) is 5. The molecule has 6 aromatic carbocycles. The molecule has 2 saturated carbocycles. The van der Waals surface area contributed by atoms with Crippen LogP contribution in [-0.2, 0) is 5.41 Å². The lowest BCUT2D eigenvalue weighted by atomic mass is 9.54. The van der Waals surface area contributed by atoms with E-state index in [9.17, 15) is 5.26 Å². The average Bonchev–Trinajstić information content (AvgIpc) is 3.57. The zero-order valence-corrected chi connectivity index (χ0v) is 30.6. The van der Waals surface area contributed by atoms with Gasteiger partial charge in [-0.05, 0) is 119 Å². The fourth-order valence-electron chi connectivity index (χ4n) is 10.1. The quantitative estimate of drug-likeness (QED) is 0.179. The van der Waals surface area contributed by atoms with Crippen LogP contribution in [0.4, 0.5) is 0 Å². The van der Waals surface area contributed by atoms with Crippen molar-refractivity contribution in [1.29, 1.82) is 5.26 Å². The lowest BCUT2D eigenvalue weighted by Gasteiger charge is -2.50. The van der Waals surface area contributed by atoms with Crippen molar-refractivity contribution in [2.45, 2.75) is 51.4 Å². The van der Waals surface area contributed by atoms with E-state index < -0.39 is 0 Å². The predicted octanol–water partition coefficient (Wildman–Crippen LogP) is 12.6. The lowest BCUT2D eigenvalue weighted by molar-refractivity contribution is 0.0780. The maximum Gasteiger partial charge on any atom is 0.164 e. The molecule has 262 valence electrons. The topological polar surface area (TPSA) is 75.6 Å². The zero-order valence-electron chi connectivity index (χ0n) is 30.6. The van der Waals surface area contributed by atoms with E-state index in [0.717, 1.165) is 78.3 Å². The molecule has 2 aromatic heterocycles. The number of furan rings is 1. The Hall–Kier alpha value is -6.12. The maximum atomic E-state index is 9.53. The summed E-state index contributed by atoms with van der Waals surface area (Å²) in [6.45, 7) is 4.90. The molecule has 5 heteroatoms. The summed E-state index contributed by atoms with van der Waals surface area (Å²) in [6, 6.07) is 46.4. The van der Waals surface area contributed by atoms with Crippen molar-refractivity contribution >= 4 is 32.7 Å². The van der Waals surface area contributed by atoms with E-state index in [1.54, 1.807) is 6.07 Å². The normalized spacial score (nSPS) is 21.0. The number of fused-ring (bicyclic) bond motifs is 6. The van der Waals surface area contributed by atoms with E-state index in [2.05, 4.69) is 123 Å². The van der Waals surface area contributed by atoms with Gasteiger partial charge in [-0.25, -0.2) is 15.0 Å². The van der Waals surface area contributed by atoms with Gasteiger partial charge in [-0.1, -0.05) is 105 Å². The van der Waals surface area contributed by atoms with E-state index in [-0.39, 0.29) is 5.41 Å². The van der Waals surface area contributed by atoms with Crippen molar-refractivity contribution in [3.8, 4) is 51.4 Å². The Morgan fingerprint density at radius 3 is 2.00 bits per heavy atom. The molecule has 2 aliphatic carbocycles. The number of aromatic nitrogens is 3. The first-order valence-corrected chi connectivity index (χ1v) is 19.2. The highest BCUT2D eigenvalue weighted by atomic mass is 16.3. The van der Waals surface area contributed by atoms with E-state index >= 15 is 0 Å². The molecule has 0 aliphatic heterocycles. The van der Waals surface area contributed by atoms with Gasteiger partial charge in [0.1, 0.15) is 11.2 Å². The first kappa shape index (κ1) is 32.5. The minimum Gasteiger partial charge on any atom is -0.456 e. The van der Waals surface area contributed by atoms with E-state index in [1.807, 2.05) is 18.2 Å². The minimum atomic E-state index is 0.265. The Balaban J connectivity index is 1.08. The highest BCUT2D eigenvalue weighted by molar-refractivity contribution is 6.06. The van der Waals surface area contributed by atoms with E-state index in [0.29, 0.717) is 23.0 Å². The minimum absolute atomic E-state index is 0.265. The van der Waals surface area contributed by atoms with Crippen molar-refractivity contribution < 1.29 is 4.42 Å². The van der Waals surface area contributed by atoms with Crippen molar-refractivity contribution in [3.05, 3.63) is 139 Å². The van der Waals surface area contributed by atoms with Gasteiger partial charge in [0.15, 0.2) is 17.5 Å². The molecule has 8 aromatic rings. The van der Waals surface area contributed by atoms with Gasteiger partial charge >= 0.3 is 0 Å². The Kier molecular flexibility index (Phi) is 7.70. The largest absolute Gasteiger partial charge is 0.456 e. The monoisotopic (exact) mass is 700 g/mol. The Morgan fingerprint density at radius 2 is 1.20 bits per heavy atom. The third kappa shape index (κ3) is 5.65. The van der Waals surface area contributed by atoms with Gasteiger partial charge in [0.25, 0.3) is 0 Å². The highest BCUT2D eigenvalue weighted by Crippen LogP contribution is 2.54. The van der Waals surface area contributed by atoms with Crippen LogP contribution < -0.4 is 0 Å². The van der Waals surface area contributed by atoms with Crippen LogP contribution in [0.2, 0.25) is 0 Å². The van der Waals surface area contributed by atoms with Crippen molar-refractivity contribution in [2.75, 3.05) is 0 Å². The van der Waals surface area contributed by atoms with Crippen molar-refractivity contribution in [3.63, 3.8) is 0 Å². The summed E-state index contributed by atoms with van der Waals surface area (Å²) in [7, 11) is 0. The van der Waals surface area contributed by atoms with Crippen LogP contribution in [0.25, 0.3) is 78.0 Å². The van der Waals surface area contributed by atoms with Gasteiger partial charge in [0, 0.05) is 27.5 Å². The van der Waals surface area contributed by atoms with Gasteiger partial charge in [-0.3, -0.25) is 0 Å². The third-order valence-electron chi connectivity index (χ3n) is 12.1. The number of nitrogens with zero attached hydrogens (tertiary/aromatic N) is 4. The second-order valence-electron chi connectivity index (χ2n) is 16.1. The third-order valence-corrected chi connectivity index (χ3v) is 12.1. The summed E-state index contributed by atoms with van der Waals surface area (Å²) in [5.41, 5.74) is 8.89. The number of hydrogen-bond donors (Lipinski definition) is 0. The molecule has 54 heavy (non-hydrogen) atoms. The predicted molar refractivity (Wildman–Crippen MR) is 218 cm³/mol. The summed E-state index contributed by atoms with van der Waals surface area (Å²) >= 11 is 0. The lowest BCUT2D eigenvalue weighted by Crippen LogP contribution is -2.42. The van der Waals surface area contributed by atoms with Crippen LogP contribution in [0.5, 0.6) is 0 Å². The second kappa shape index (κ2) is 12.8. The van der Waals surface area contributed by atoms with Gasteiger partial charge in [0.05, 0.1) is 11.6 Å². The molecule has 0 saturated heterocycles. The fraction of sp³-hybridized carbons (Fsp3) is 0.224. The van der Waals surface area contributed by atoms with Crippen LogP contribution in [0.15, 0.2) is 132 Å². The summed E-state index contributed by atoms with van der Waals surface area (Å²) < 4.78 is 6.11. The fourth-order valence-corrected chi connectivity index (χ4v) is 10.1. The molecule has 0 spiro atoms. The number of benzene rings is 6. The SMILES string of the molecule is CC1CC2C[C@H](C)CC(c3ccc(-c4nc(-c5cccc(-c6ccc7oc8ccc(C#N)cc8c7c6)c5)nc(-c5cccc6ccccc56)n4)cc3)(C1)C2. The molecule has 4 atom stereocenters. The first-order chi connectivity index (χ1) is 26.4. The molecule has 2 heterocycles. The summed E-state index contributed by atoms with van der Waals surface area (Å²) in [6.07, 6.45) is 6.59. The molecule has 0 N–H and O–H groups in total. The van der Waals surface area contributed by atoms with Crippen LogP contribution in [-0.4, -0.2) is 15.0 Å². The van der Waals surface area contributed by atoms with Gasteiger partial charge in [-0.15, -0.1) is 0 Å². The Bertz CT molecular complexity index is 2750. The van der Waals surface area contributed by atoms with Crippen LogP contribution in [0.3, 0.4) is 0 Å². The van der Waals surface area contributed by atoms with Crippen LogP contribution >= 0.6 is 0 Å². The molecule has 2 bridgehead atoms. The first-order valence-electron chi connectivity index (χ1n) is 19.2. The van der Waals surface area contributed by atoms with E-state index in [4.69, 9.17) is 19.4 Å². The molecule has 0 amide bonds. The zero-order chi connectivity index (χ0) is 36.4. The molecular weight excluding hydrogens is 661 g/mol. The molecule has 5 nitrogen and oxygen atoms in total. The molecular formula is C49H40N4O. The molecule has 0 radical (unpaired) electrons. The molecule has 2 aliphatic rings. The van der Waals surface area contributed by atoms with Crippen molar-refractivity contribution in [2.24, 2.45) is 17.8 Å². The highest BCUT2D eigenvalue weighted by Gasteiger charge is 2.45. The molecule has 2 fully saturated rings. The second-order valence-corrected chi connectivity index (χ2v) is 16.1. The van der Waals surface area contributed by atoms with Crippen molar-refractivity contribution in [1.82, 2.24) is 15.0 Å². The summed E-state index contributed by atoms with van der Waals surface area (Å²) in [4.78, 5) is 15.5. The summed E-state index contributed by atoms with van der Waals surface area (Å²) in [5.74, 6) is 4.32. The van der Waals surface area contributed by atoms with Crippen LogP contribution in [0.1, 0.15) is 57.1 Å². The summed E-state index contributed by atoms with van der Waals surface area (Å²) in [5, 5.41) is 13.7. The molecule has 10 rings (SSSR count). The standard InChI is InChI=1S/C49H40N4O/c1-30-21-33-22-31(2)27-49(26-30,28-33)39-17-14-35(15-18-39)46-51-47(53-48(52-46)41-12-6-8-34-7-3-4-11-40(34)41)38-10-5-9-36(24-38)37-16-20-45-43(25-37)42-23-32(29-50)13-19-44(42)54-45/h3-20,23-25,30-31,33H,21-22,26-28H2,1-2H3/t30-,31?,33?,49?/m0/s1.